The van der Waals surface area contributed by atoms with E-state index in [0.717, 1.165) is 5.56 Å². The van der Waals surface area contributed by atoms with Crippen LogP contribution in [0, 0.1) is 18.6 Å². The highest BCUT2D eigenvalue weighted by atomic mass is 35.5. The molecule has 1 aromatic heterocycles. The van der Waals surface area contributed by atoms with E-state index in [1.165, 1.54) is 22.9 Å². The molecule has 0 atom stereocenters. The zero-order valence-electron chi connectivity index (χ0n) is 14.7. The number of carbonyl (C=O) groups excluding carboxylic acids is 1. The van der Waals surface area contributed by atoms with Gasteiger partial charge in [-0.2, -0.15) is 5.10 Å². The van der Waals surface area contributed by atoms with E-state index in [1.807, 2.05) is 0 Å². The lowest BCUT2D eigenvalue weighted by molar-refractivity contribution is 0.0953. The summed E-state index contributed by atoms with van der Waals surface area (Å²) in [7, 11) is 0. The summed E-state index contributed by atoms with van der Waals surface area (Å²) in [6.07, 6.45) is 0.374. The summed E-state index contributed by atoms with van der Waals surface area (Å²) in [5, 5.41) is 7.26. The minimum absolute atomic E-state index is 0.209. The van der Waals surface area contributed by atoms with Gasteiger partial charge in [-0.25, -0.2) is 13.5 Å². The number of hydrogen-bond donors (Lipinski definition) is 1. The molecule has 7 heteroatoms. The van der Waals surface area contributed by atoms with Gasteiger partial charge < -0.3 is 5.32 Å². The van der Waals surface area contributed by atoms with Crippen LogP contribution in [0.5, 0.6) is 0 Å². The molecule has 0 aliphatic carbocycles. The average Bonchev–Trinajstić information content (AvgIpc) is 2.92. The summed E-state index contributed by atoms with van der Waals surface area (Å²) in [5.41, 5.74) is 2.12. The lowest BCUT2D eigenvalue weighted by Crippen LogP contribution is -2.26. The number of nitrogens with zero attached hydrogens (tertiary/aromatic N) is 2. The Bertz CT molecular complexity index is 954. The highest BCUT2D eigenvalue weighted by Crippen LogP contribution is 2.21. The maximum Gasteiger partial charge on any atom is 0.256 e. The van der Waals surface area contributed by atoms with Crippen LogP contribution in [0.15, 0.2) is 48.5 Å². The van der Waals surface area contributed by atoms with Gasteiger partial charge in [-0.05, 0) is 42.7 Å². The predicted octanol–water partition coefficient (Wildman–Crippen LogP) is 4.14. The molecule has 0 spiro atoms. The Hall–Kier alpha value is -2.73. The molecular formula is C20H18ClF2N3O. The second kappa shape index (κ2) is 8.31. The monoisotopic (exact) mass is 389 g/mol. The number of benzene rings is 2. The molecule has 0 unspecified atom stereocenters. The fourth-order valence-electron chi connectivity index (χ4n) is 2.78. The van der Waals surface area contributed by atoms with Gasteiger partial charge >= 0.3 is 0 Å². The minimum atomic E-state index is -0.362. The van der Waals surface area contributed by atoms with Crippen LogP contribution in [-0.4, -0.2) is 22.2 Å². The van der Waals surface area contributed by atoms with Gasteiger partial charge in [0.05, 0.1) is 17.8 Å². The van der Waals surface area contributed by atoms with E-state index in [0.29, 0.717) is 24.2 Å². The number of amides is 1. The number of aryl methyl sites for hydroxylation is 1. The van der Waals surface area contributed by atoms with Crippen molar-refractivity contribution in [3.8, 4) is 0 Å². The fraction of sp³-hybridized carbons (Fsp3) is 0.200. The third kappa shape index (κ3) is 4.52. The first-order valence-corrected chi connectivity index (χ1v) is 8.82. The molecule has 1 heterocycles. The Kier molecular flexibility index (Phi) is 5.86. The first-order valence-electron chi connectivity index (χ1n) is 8.44. The molecular weight excluding hydrogens is 372 g/mol. The molecule has 2 aromatic carbocycles. The summed E-state index contributed by atoms with van der Waals surface area (Å²) in [6.45, 7) is 2.29. The molecule has 0 fully saturated rings. The summed E-state index contributed by atoms with van der Waals surface area (Å²) in [6, 6.07) is 12.4. The SMILES string of the molecule is Cc1nn(Cc2ccc(F)cc2)c(Cl)c1C(=O)NCCc1ccccc1F. The normalized spacial score (nSPS) is 10.8. The van der Waals surface area contributed by atoms with Crippen LogP contribution < -0.4 is 5.32 Å². The van der Waals surface area contributed by atoms with Crippen molar-refractivity contribution in [2.45, 2.75) is 19.9 Å². The maximum atomic E-state index is 13.6. The first kappa shape index (κ1) is 19.0. The van der Waals surface area contributed by atoms with Crippen molar-refractivity contribution in [3.63, 3.8) is 0 Å². The van der Waals surface area contributed by atoms with Crippen LogP contribution in [0.25, 0.3) is 0 Å². The highest BCUT2D eigenvalue weighted by Gasteiger charge is 2.20. The second-order valence-electron chi connectivity index (χ2n) is 6.13. The van der Waals surface area contributed by atoms with Gasteiger partial charge in [0.15, 0.2) is 0 Å². The Morgan fingerprint density at radius 2 is 1.85 bits per heavy atom. The van der Waals surface area contributed by atoms with E-state index >= 15 is 0 Å². The number of halogens is 3. The van der Waals surface area contributed by atoms with Gasteiger partial charge in [0.25, 0.3) is 5.91 Å². The van der Waals surface area contributed by atoms with Crippen LogP contribution in [0.2, 0.25) is 5.15 Å². The number of hydrogen-bond acceptors (Lipinski definition) is 2. The molecule has 0 saturated carbocycles. The van der Waals surface area contributed by atoms with Crippen LogP contribution in [0.3, 0.4) is 0 Å². The Labute approximate surface area is 160 Å². The van der Waals surface area contributed by atoms with Gasteiger partial charge in [0.1, 0.15) is 16.8 Å². The largest absolute Gasteiger partial charge is 0.352 e. The molecule has 140 valence electrons. The third-order valence-corrected chi connectivity index (χ3v) is 4.56. The van der Waals surface area contributed by atoms with Crippen molar-refractivity contribution >= 4 is 17.5 Å². The van der Waals surface area contributed by atoms with E-state index in [9.17, 15) is 13.6 Å². The third-order valence-electron chi connectivity index (χ3n) is 4.18. The lowest BCUT2D eigenvalue weighted by Gasteiger charge is -2.07. The smallest absolute Gasteiger partial charge is 0.256 e. The summed E-state index contributed by atoms with van der Waals surface area (Å²) < 4.78 is 28.1. The number of rotatable bonds is 6. The van der Waals surface area contributed by atoms with E-state index < -0.39 is 0 Å². The van der Waals surface area contributed by atoms with Crippen molar-refractivity contribution in [2.24, 2.45) is 0 Å². The van der Waals surface area contributed by atoms with Crippen molar-refractivity contribution in [1.29, 1.82) is 0 Å². The van der Waals surface area contributed by atoms with E-state index in [-0.39, 0.29) is 34.8 Å². The second-order valence-corrected chi connectivity index (χ2v) is 6.49. The standard InChI is InChI=1S/C20H18ClF2N3O/c1-13-18(20(27)24-11-10-15-4-2-3-5-17(15)23)19(21)26(25-13)12-14-6-8-16(22)9-7-14/h2-9H,10-12H2,1H3,(H,24,27). The van der Waals surface area contributed by atoms with Crippen molar-refractivity contribution < 1.29 is 13.6 Å². The molecule has 0 bridgehead atoms. The first-order chi connectivity index (χ1) is 13.0. The van der Waals surface area contributed by atoms with E-state index in [4.69, 9.17) is 11.6 Å². The molecule has 27 heavy (non-hydrogen) atoms. The molecule has 4 nitrogen and oxygen atoms in total. The topological polar surface area (TPSA) is 46.9 Å². The summed E-state index contributed by atoms with van der Waals surface area (Å²) in [4.78, 5) is 12.5. The molecule has 1 amide bonds. The molecule has 3 aromatic rings. The van der Waals surface area contributed by atoms with Gasteiger partial charge in [0.2, 0.25) is 0 Å². The number of aromatic nitrogens is 2. The zero-order chi connectivity index (χ0) is 19.4. The van der Waals surface area contributed by atoms with E-state index in [1.54, 1.807) is 37.3 Å². The minimum Gasteiger partial charge on any atom is -0.352 e. The van der Waals surface area contributed by atoms with Gasteiger partial charge in [-0.15, -0.1) is 0 Å². The van der Waals surface area contributed by atoms with Gasteiger partial charge in [-0.3, -0.25) is 4.79 Å². The molecule has 0 aliphatic heterocycles. The maximum absolute atomic E-state index is 13.6. The van der Waals surface area contributed by atoms with Crippen molar-refractivity contribution in [3.05, 3.63) is 87.7 Å². The molecule has 0 aliphatic rings. The quantitative estimate of drug-likeness (QED) is 0.688. The van der Waals surface area contributed by atoms with Gasteiger partial charge in [0, 0.05) is 6.54 Å². The lowest BCUT2D eigenvalue weighted by atomic mass is 10.1. The predicted molar refractivity (Wildman–Crippen MR) is 99.9 cm³/mol. The summed E-state index contributed by atoms with van der Waals surface area (Å²) in [5.74, 6) is -0.983. The molecule has 0 saturated heterocycles. The number of carbonyl (C=O) groups is 1. The van der Waals surface area contributed by atoms with Crippen molar-refractivity contribution in [2.75, 3.05) is 6.54 Å². The Morgan fingerprint density at radius 1 is 1.15 bits per heavy atom. The van der Waals surface area contributed by atoms with Crippen LogP contribution in [0.4, 0.5) is 8.78 Å². The Balaban J connectivity index is 1.67. The Morgan fingerprint density at radius 3 is 2.56 bits per heavy atom. The highest BCUT2D eigenvalue weighted by molar-refractivity contribution is 6.33. The average molecular weight is 390 g/mol. The fourth-order valence-corrected chi connectivity index (χ4v) is 3.10. The molecule has 3 rings (SSSR count). The van der Waals surface area contributed by atoms with Crippen molar-refractivity contribution in [1.82, 2.24) is 15.1 Å². The van der Waals surface area contributed by atoms with Crippen LogP contribution >= 0.6 is 11.6 Å². The number of nitrogens with one attached hydrogen (secondary N) is 1. The zero-order valence-corrected chi connectivity index (χ0v) is 15.4. The van der Waals surface area contributed by atoms with E-state index in [2.05, 4.69) is 10.4 Å². The van der Waals surface area contributed by atoms with Gasteiger partial charge in [-0.1, -0.05) is 41.9 Å². The summed E-state index contributed by atoms with van der Waals surface area (Å²) >= 11 is 6.33. The van der Waals surface area contributed by atoms with Crippen LogP contribution in [-0.2, 0) is 13.0 Å². The van der Waals surface area contributed by atoms with Crippen LogP contribution in [0.1, 0.15) is 27.2 Å². The molecule has 0 radical (unpaired) electrons. The molecule has 1 N–H and O–H groups in total.